The summed E-state index contributed by atoms with van der Waals surface area (Å²) in [4.78, 5) is 31.2. The smallest absolute Gasteiger partial charge is 0.260 e. The summed E-state index contributed by atoms with van der Waals surface area (Å²) in [5, 5.41) is 4.73. The summed E-state index contributed by atoms with van der Waals surface area (Å²) in [5.41, 5.74) is 3.06. The number of aromatic nitrogens is 1. The molecule has 0 fully saturated rings. The van der Waals surface area contributed by atoms with Crippen molar-refractivity contribution in [2.24, 2.45) is 0 Å². The first-order valence-corrected chi connectivity index (χ1v) is 13.8. The van der Waals surface area contributed by atoms with Crippen LogP contribution >= 0.6 is 11.6 Å². The van der Waals surface area contributed by atoms with E-state index in [-0.39, 0.29) is 24.5 Å². The zero-order chi connectivity index (χ0) is 28.1. The van der Waals surface area contributed by atoms with Gasteiger partial charge in [-0.15, -0.1) is 0 Å². The van der Waals surface area contributed by atoms with E-state index in [4.69, 9.17) is 20.9 Å². The molecule has 0 saturated heterocycles. The van der Waals surface area contributed by atoms with Crippen LogP contribution in [0, 0.1) is 6.92 Å². The van der Waals surface area contributed by atoms with Crippen LogP contribution in [0.3, 0.4) is 0 Å². The molecule has 206 valence electrons. The number of rotatable bonds is 4. The molecule has 1 aliphatic rings. The molecule has 0 unspecified atom stereocenters. The van der Waals surface area contributed by atoms with Gasteiger partial charge in [-0.1, -0.05) is 77.4 Å². The Labute approximate surface area is 239 Å². The number of carbonyl (C=O) groups is 2. The molecule has 0 radical (unpaired) electrons. The van der Waals surface area contributed by atoms with Gasteiger partial charge in [-0.25, -0.2) is 0 Å². The van der Waals surface area contributed by atoms with Crippen LogP contribution in [-0.4, -0.2) is 59.6 Å². The van der Waals surface area contributed by atoms with Crippen molar-refractivity contribution >= 4 is 23.4 Å². The molecule has 1 atom stereocenters. The van der Waals surface area contributed by atoms with Gasteiger partial charge < -0.3 is 19.1 Å². The Morgan fingerprint density at radius 2 is 1.62 bits per heavy atom. The Bertz CT molecular complexity index is 1490. The third kappa shape index (κ3) is 5.89. The van der Waals surface area contributed by atoms with Gasteiger partial charge in [0.15, 0.2) is 0 Å². The lowest BCUT2D eigenvalue weighted by Crippen LogP contribution is -2.46. The van der Waals surface area contributed by atoms with Crippen molar-refractivity contribution in [1.82, 2.24) is 15.0 Å². The number of nitrogens with zero attached hydrogens (tertiary/aromatic N) is 3. The Morgan fingerprint density at radius 1 is 0.950 bits per heavy atom. The van der Waals surface area contributed by atoms with Gasteiger partial charge >= 0.3 is 0 Å². The molecule has 8 heteroatoms. The minimum atomic E-state index is -0.316. The van der Waals surface area contributed by atoms with Gasteiger partial charge in [-0.2, -0.15) is 0 Å². The first kappa shape index (κ1) is 27.5. The predicted octanol–water partition coefficient (Wildman–Crippen LogP) is 6.30. The van der Waals surface area contributed by atoms with Crippen molar-refractivity contribution in [2.75, 3.05) is 26.7 Å². The lowest BCUT2D eigenvalue weighted by molar-refractivity contribution is 0.0589. The Morgan fingerprint density at radius 3 is 2.40 bits per heavy atom. The van der Waals surface area contributed by atoms with E-state index in [1.165, 1.54) is 0 Å². The Kier molecular flexibility index (Phi) is 8.51. The van der Waals surface area contributed by atoms with E-state index in [0.29, 0.717) is 64.8 Å². The lowest BCUT2D eigenvalue weighted by atomic mass is 10.0. The van der Waals surface area contributed by atoms with E-state index in [0.717, 1.165) is 12.0 Å². The summed E-state index contributed by atoms with van der Waals surface area (Å²) in [7, 11) is 1.79. The number of ether oxygens (including phenoxy) is 1. The average Bonchev–Trinajstić information content (AvgIpc) is 3.36. The fourth-order valence-corrected chi connectivity index (χ4v) is 5.32. The van der Waals surface area contributed by atoms with Crippen molar-refractivity contribution in [3.63, 3.8) is 0 Å². The molecule has 1 aromatic heterocycles. The minimum Gasteiger partial charge on any atom is -0.491 e. The number of aryl methyl sites for hydroxylation is 1. The second-order valence-corrected chi connectivity index (χ2v) is 10.4. The van der Waals surface area contributed by atoms with E-state index in [9.17, 15) is 9.59 Å². The lowest BCUT2D eigenvalue weighted by Gasteiger charge is -2.33. The standard InChI is InChI=1S/C32H32ClN3O4/c1-22-29(30(34-40-22)25-14-6-8-16-27(25)33)32(38)36-19-11-10-18-35(2)31(37)26-15-7-9-17-28(26)39-21-24(36)20-23-12-4-3-5-13-23/h3-9,12-17,24H,10-11,18-21H2,1-2H3/t24-/m1/s1. The molecule has 7 nitrogen and oxygen atoms in total. The second kappa shape index (κ2) is 12.4. The molecule has 5 rings (SSSR count). The minimum absolute atomic E-state index is 0.0757. The van der Waals surface area contributed by atoms with Gasteiger partial charge in [0.25, 0.3) is 11.8 Å². The van der Waals surface area contributed by atoms with Crippen molar-refractivity contribution in [1.29, 1.82) is 0 Å². The highest BCUT2D eigenvalue weighted by atomic mass is 35.5. The number of amides is 2. The molecule has 0 bridgehead atoms. The van der Waals surface area contributed by atoms with Crippen LogP contribution in [0.4, 0.5) is 0 Å². The summed E-state index contributed by atoms with van der Waals surface area (Å²) in [6.45, 7) is 3.00. The quantitative estimate of drug-likeness (QED) is 0.294. The molecule has 1 aliphatic heterocycles. The van der Waals surface area contributed by atoms with E-state index < -0.39 is 0 Å². The second-order valence-electron chi connectivity index (χ2n) is 10.0. The zero-order valence-corrected chi connectivity index (χ0v) is 23.4. The number of hydrogen-bond donors (Lipinski definition) is 0. The first-order chi connectivity index (χ1) is 19.4. The zero-order valence-electron chi connectivity index (χ0n) is 22.7. The molecule has 2 amide bonds. The molecular formula is C32H32ClN3O4. The number of para-hydroxylation sites is 1. The van der Waals surface area contributed by atoms with E-state index in [1.54, 1.807) is 37.1 Å². The summed E-state index contributed by atoms with van der Waals surface area (Å²) < 4.78 is 11.9. The third-order valence-electron chi connectivity index (χ3n) is 7.26. The number of halogens is 1. The third-order valence-corrected chi connectivity index (χ3v) is 7.59. The SMILES string of the molecule is Cc1onc(-c2ccccc2Cl)c1C(=O)N1CCCCN(C)C(=O)c2ccccc2OC[C@H]1Cc1ccccc1. The summed E-state index contributed by atoms with van der Waals surface area (Å²) in [6, 6.07) is 24.3. The average molecular weight is 558 g/mol. The van der Waals surface area contributed by atoms with Gasteiger partial charge in [0, 0.05) is 25.7 Å². The maximum absolute atomic E-state index is 14.4. The molecule has 0 spiro atoms. The summed E-state index contributed by atoms with van der Waals surface area (Å²) in [6.07, 6.45) is 2.03. The molecule has 4 aromatic rings. The van der Waals surface area contributed by atoms with Crippen LogP contribution in [0.5, 0.6) is 5.75 Å². The molecule has 0 N–H and O–H groups in total. The molecule has 40 heavy (non-hydrogen) atoms. The number of carbonyl (C=O) groups excluding carboxylic acids is 2. The fourth-order valence-electron chi connectivity index (χ4n) is 5.09. The van der Waals surface area contributed by atoms with E-state index in [2.05, 4.69) is 5.16 Å². The molecule has 2 heterocycles. The van der Waals surface area contributed by atoms with Crippen LogP contribution in [-0.2, 0) is 6.42 Å². The largest absolute Gasteiger partial charge is 0.491 e. The van der Waals surface area contributed by atoms with Crippen molar-refractivity contribution in [3.05, 3.63) is 106 Å². The molecule has 0 saturated carbocycles. The molecular weight excluding hydrogens is 526 g/mol. The van der Waals surface area contributed by atoms with Gasteiger partial charge in [-0.3, -0.25) is 9.59 Å². The summed E-state index contributed by atoms with van der Waals surface area (Å²) in [5.74, 6) is 0.672. The van der Waals surface area contributed by atoms with Crippen molar-refractivity contribution in [2.45, 2.75) is 32.2 Å². The van der Waals surface area contributed by atoms with E-state index >= 15 is 0 Å². The van der Waals surface area contributed by atoms with Crippen LogP contribution in [0.1, 0.15) is 44.9 Å². The maximum Gasteiger partial charge on any atom is 0.260 e. The van der Waals surface area contributed by atoms with Gasteiger partial charge in [0.2, 0.25) is 0 Å². The Hall–Kier alpha value is -4.10. The maximum atomic E-state index is 14.4. The van der Waals surface area contributed by atoms with Gasteiger partial charge in [0.1, 0.15) is 29.4 Å². The van der Waals surface area contributed by atoms with Gasteiger partial charge in [0.05, 0.1) is 16.6 Å². The number of benzene rings is 3. The normalized spacial score (nSPS) is 16.5. The highest BCUT2D eigenvalue weighted by Crippen LogP contribution is 2.33. The van der Waals surface area contributed by atoms with Crippen molar-refractivity contribution < 1.29 is 18.8 Å². The topological polar surface area (TPSA) is 75.9 Å². The highest BCUT2D eigenvalue weighted by molar-refractivity contribution is 6.33. The Balaban J connectivity index is 1.55. The van der Waals surface area contributed by atoms with Gasteiger partial charge in [-0.05, 0) is 49.9 Å². The summed E-state index contributed by atoms with van der Waals surface area (Å²) >= 11 is 6.50. The number of hydrogen-bond acceptors (Lipinski definition) is 5. The highest BCUT2D eigenvalue weighted by Gasteiger charge is 2.32. The first-order valence-electron chi connectivity index (χ1n) is 13.5. The number of fused-ring (bicyclic) bond motifs is 1. The fraction of sp³-hybridized carbons (Fsp3) is 0.281. The van der Waals surface area contributed by atoms with Crippen LogP contribution in [0.25, 0.3) is 11.3 Å². The van der Waals surface area contributed by atoms with E-state index in [1.807, 2.05) is 65.6 Å². The monoisotopic (exact) mass is 557 g/mol. The van der Waals surface area contributed by atoms with Crippen LogP contribution in [0.15, 0.2) is 83.4 Å². The molecule has 0 aliphatic carbocycles. The molecule has 3 aromatic carbocycles. The van der Waals surface area contributed by atoms with Crippen LogP contribution in [0.2, 0.25) is 5.02 Å². The van der Waals surface area contributed by atoms with Crippen molar-refractivity contribution in [3.8, 4) is 17.0 Å². The predicted molar refractivity (Wildman–Crippen MR) is 155 cm³/mol. The van der Waals surface area contributed by atoms with Crippen LogP contribution < -0.4 is 4.74 Å².